The van der Waals surface area contributed by atoms with Crippen molar-refractivity contribution in [3.8, 4) is 11.5 Å². The van der Waals surface area contributed by atoms with Gasteiger partial charge in [-0.25, -0.2) is 0 Å². The number of hydrogen-bond acceptors (Lipinski definition) is 3. The van der Waals surface area contributed by atoms with Crippen molar-refractivity contribution in [1.29, 1.82) is 0 Å². The van der Waals surface area contributed by atoms with E-state index in [4.69, 9.17) is 9.47 Å². The molecule has 1 unspecified atom stereocenters. The van der Waals surface area contributed by atoms with Crippen LogP contribution >= 0.6 is 0 Å². The van der Waals surface area contributed by atoms with E-state index in [9.17, 15) is 0 Å². The van der Waals surface area contributed by atoms with Crippen LogP contribution in [0, 0.1) is 0 Å². The van der Waals surface area contributed by atoms with Gasteiger partial charge >= 0.3 is 0 Å². The molecule has 0 amide bonds. The second kappa shape index (κ2) is 8.44. The monoisotopic (exact) mass is 299 g/mol. The summed E-state index contributed by atoms with van der Waals surface area (Å²) in [5.41, 5.74) is 2.60. The highest BCUT2D eigenvalue weighted by Gasteiger charge is 2.09. The summed E-state index contributed by atoms with van der Waals surface area (Å²) in [5.74, 6) is 1.54. The largest absolute Gasteiger partial charge is 0.493 e. The van der Waals surface area contributed by atoms with Gasteiger partial charge in [0.25, 0.3) is 0 Å². The van der Waals surface area contributed by atoms with Crippen LogP contribution in [0.3, 0.4) is 0 Å². The molecule has 3 heteroatoms. The molecule has 118 valence electrons. The lowest BCUT2D eigenvalue weighted by Gasteiger charge is -2.16. The van der Waals surface area contributed by atoms with Crippen LogP contribution in [-0.4, -0.2) is 20.8 Å². The Morgan fingerprint density at radius 2 is 1.68 bits per heavy atom. The van der Waals surface area contributed by atoms with E-state index in [0.717, 1.165) is 30.9 Å². The minimum absolute atomic E-state index is 0.288. The zero-order valence-corrected chi connectivity index (χ0v) is 13.6. The molecule has 2 aromatic carbocycles. The fraction of sp³-hybridized carbons (Fsp3) is 0.368. The molecule has 2 rings (SSSR count). The summed E-state index contributed by atoms with van der Waals surface area (Å²) in [7, 11) is 3.32. The molecule has 0 bridgehead atoms. The maximum Gasteiger partial charge on any atom is 0.161 e. The predicted octanol–water partition coefficient (Wildman–Crippen LogP) is 3.99. The number of hydrogen-bond donors (Lipinski definition) is 1. The Kier molecular flexibility index (Phi) is 6.28. The normalized spacial score (nSPS) is 12.0. The van der Waals surface area contributed by atoms with Gasteiger partial charge < -0.3 is 14.8 Å². The molecule has 2 aromatic rings. The lowest BCUT2D eigenvalue weighted by Crippen LogP contribution is -2.20. The topological polar surface area (TPSA) is 30.5 Å². The first-order chi connectivity index (χ1) is 10.7. The molecule has 1 N–H and O–H groups in total. The van der Waals surface area contributed by atoms with E-state index >= 15 is 0 Å². The third kappa shape index (κ3) is 4.50. The average Bonchev–Trinajstić information content (AvgIpc) is 2.58. The van der Waals surface area contributed by atoms with E-state index in [1.165, 1.54) is 11.1 Å². The number of rotatable bonds is 8. The highest BCUT2D eigenvalue weighted by Crippen LogP contribution is 2.29. The number of ether oxygens (including phenoxy) is 2. The minimum atomic E-state index is 0.288. The fourth-order valence-corrected chi connectivity index (χ4v) is 2.50. The van der Waals surface area contributed by atoms with Crippen molar-refractivity contribution < 1.29 is 9.47 Å². The second-order valence-corrected chi connectivity index (χ2v) is 5.38. The van der Waals surface area contributed by atoms with Gasteiger partial charge in [-0.1, -0.05) is 36.4 Å². The number of benzene rings is 2. The maximum atomic E-state index is 5.36. The van der Waals surface area contributed by atoms with Crippen LogP contribution < -0.4 is 14.8 Å². The first-order valence-corrected chi connectivity index (χ1v) is 7.74. The number of nitrogens with one attached hydrogen (secondary N) is 1. The van der Waals surface area contributed by atoms with Crippen LogP contribution in [0.15, 0.2) is 48.5 Å². The molecule has 3 nitrogen and oxygen atoms in total. The molecule has 1 atom stereocenters. The Morgan fingerprint density at radius 3 is 2.36 bits per heavy atom. The molecular weight excluding hydrogens is 274 g/mol. The molecule has 0 aliphatic heterocycles. The molecule has 22 heavy (non-hydrogen) atoms. The molecule has 0 fully saturated rings. The lowest BCUT2D eigenvalue weighted by atomic mass is 10.1. The summed E-state index contributed by atoms with van der Waals surface area (Å²) in [6, 6.07) is 17.0. The Labute approximate surface area is 133 Å². The summed E-state index contributed by atoms with van der Waals surface area (Å²) >= 11 is 0. The Hall–Kier alpha value is -2.00. The molecular formula is C19H25NO2. The van der Waals surface area contributed by atoms with Crippen LogP contribution in [0.4, 0.5) is 0 Å². The maximum absolute atomic E-state index is 5.36. The summed E-state index contributed by atoms with van der Waals surface area (Å²) in [5, 5.41) is 3.56. The number of methoxy groups -OCH3 is 2. The van der Waals surface area contributed by atoms with Gasteiger partial charge in [0.1, 0.15) is 0 Å². The summed E-state index contributed by atoms with van der Waals surface area (Å²) in [6.07, 6.45) is 2.23. The summed E-state index contributed by atoms with van der Waals surface area (Å²) in [6.45, 7) is 3.16. The van der Waals surface area contributed by atoms with Crippen LogP contribution in [0.1, 0.15) is 30.5 Å². The fourth-order valence-electron chi connectivity index (χ4n) is 2.50. The summed E-state index contributed by atoms with van der Waals surface area (Å²) < 4.78 is 10.6. The SMILES string of the molecule is COc1ccc(C(C)NCCCc2ccccc2)cc1OC. The second-order valence-electron chi connectivity index (χ2n) is 5.38. The van der Waals surface area contributed by atoms with Crippen molar-refractivity contribution in [3.63, 3.8) is 0 Å². The molecule has 0 aliphatic carbocycles. The van der Waals surface area contributed by atoms with E-state index in [1.807, 2.05) is 12.1 Å². The van der Waals surface area contributed by atoms with Gasteiger partial charge in [0.15, 0.2) is 11.5 Å². The van der Waals surface area contributed by atoms with Gasteiger partial charge in [-0.05, 0) is 49.6 Å². The molecule has 0 radical (unpaired) electrons. The zero-order valence-electron chi connectivity index (χ0n) is 13.6. The molecule has 0 saturated carbocycles. The van der Waals surface area contributed by atoms with Gasteiger partial charge in [-0.2, -0.15) is 0 Å². The third-order valence-corrected chi connectivity index (χ3v) is 3.84. The Bertz CT molecular complexity index is 569. The van der Waals surface area contributed by atoms with E-state index in [1.54, 1.807) is 14.2 Å². The van der Waals surface area contributed by atoms with Crippen LogP contribution in [0.2, 0.25) is 0 Å². The van der Waals surface area contributed by atoms with Crippen LogP contribution in [0.5, 0.6) is 11.5 Å². The van der Waals surface area contributed by atoms with E-state index in [2.05, 4.69) is 48.6 Å². The first kappa shape index (κ1) is 16.4. The van der Waals surface area contributed by atoms with Crippen molar-refractivity contribution in [2.75, 3.05) is 20.8 Å². The smallest absolute Gasteiger partial charge is 0.161 e. The van der Waals surface area contributed by atoms with E-state index < -0.39 is 0 Å². The van der Waals surface area contributed by atoms with E-state index in [-0.39, 0.29) is 6.04 Å². The van der Waals surface area contributed by atoms with Gasteiger partial charge in [0.05, 0.1) is 14.2 Å². The lowest BCUT2D eigenvalue weighted by molar-refractivity contribution is 0.354. The van der Waals surface area contributed by atoms with E-state index in [0.29, 0.717) is 0 Å². The molecule has 0 heterocycles. The Morgan fingerprint density at radius 1 is 0.955 bits per heavy atom. The predicted molar refractivity (Wildman–Crippen MR) is 90.7 cm³/mol. The van der Waals surface area contributed by atoms with Gasteiger partial charge in [-0.3, -0.25) is 0 Å². The third-order valence-electron chi connectivity index (χ3n) is 3.84. The zero-order chi connectivity index (χ0) is 15.8. The van der Waals surface area contributed by atoms with Crippen molar-refractivity contribution in [2.24, 2.45) is 0 Å². The van der Waals surface area contributed by atoms with Gasteiger partial charge in [0, 0.05) is 6.04 Å². The highest BCUT2D eigenvalue weighted by molar-refractivity contribution is 5.43. The quantitative estimate of drug-likeness (QED) is 0.748. The van der Waals surface area contributed by atoms with Crippen LogP contribution in [0.25, 0.3) is 0 Å². The molecule has 0 spiro atoms. The van der Waals surface area contributed by atoms with Crippen molar-refractivity contribution >= 4 is 0 Å². The molecule has 0 aliphatic rings. The average molecular weight is 299 g/mol. The number of aryl methyl sites for hydroxylation is 1. The van der Waals surface area contributed by atoms with Crippen molar-refractivity contribution in [2.45, 2.75) is 25.8 Å². The highest BCUT2D eigenvalue weighted by atomic mass is 16.5. The molecule has 0 saturated heterocycles. The first-order valence-electron chi connectivity index (χ1n) is 7.74. The minimum Gasteiger partial charge on any atom is -0.493 e. The Balaban J connectivity index is 1.83. The summed E-state index contributed by atoms with van der Waals surface area (Å²) in [4.78, 5) is 0. The van der Waals surface area contributed by atoms with Gasteiger partial charge in [0.2, 0.25) is 0 Å². The van der Waals surface area contributed by atoms with Gasteiger partial charge in [-0.15, -0.1) is 0 Å². The van der Waals surface area contributed by atoms with Crippen LogP contribution in [-0.2, 0) is 6.42 Å². The van der Waals surface area contributed by atoms with Crippen molar-refractivity contribution in [3.05, 3.63) is 59.7 Å². The standard InChI is InChI=1S/C19H25NO2/c1-15(17-11-12-18(21-2)19(14-17)22-3)20-13-7-10-16-8-5-4-6-9-16/h4-6,8-9,11-12,14-15,20H,7,10,13H2,1-3H3. The van der Waals surface area contributed by atoms with Crippen molar-refractivity contribution in [1.82, 2.24) is 5.32 Å². The molecule has 0 aromatic heterocycles.